The van der Waals surface area contributed by atoms with Gasteiger partial charge in [0.05, 0.1) is 22.3 Å². The highest BCUT2D eigenvalue weighted by Gasteiger charge is 2.34. The van der Waals surface area contributed by atoms with Gasteiger partial charge in [0.15, 0.2) is 0 Å². The van der Waals surface area contributed by atoms with E-state index in [1.165, 1.54) is 0 Å². The molecule has 1 aliphatic heterocycles. The molecule has 6 heteroatoms. The number of hydrogen-bond donors (Lipinski definition) is 0. The molecule has 0 saturated carbocycles. The van der Waals surface area contributed by atoms with E-state index in [0.717, 1.165) is 16.8 Å². The van der Waals surface area contributed by atoms with Crippen LogP contribution in [0.3, 0.4) is 0 Å². The van der Waals surface area contributed by atoms with Crippen molar-refractivity contribution in [1.29, 1.82) is 0 Å². The molecule has 3 aromatic rings. The molecular formula is C18H13ClN2OS2. The molecule has 3 nitrogen and oxygen atoms in total. The minimum Gasteiger partial charge on any atom is -0.267 e. The number of benzene rings is 1. The van der Waals surface area contributed by atoms with Crippen LogP contribution in [0.25, 0.3) is 0 Å². The minimum atomic E-state index is -0.165. The molecule has 0 aliphatic carbocycles. The summed E-state index contributed by atoms with van der Waals surface area (Å²) in [4.78, 5) is 13.0. The molecule has 1 aliphatic rings. The maximum absolute atomic E-state index is 13.0. The summed E-state index contributed by atoms with van der Waals surface area (Å²) in [5, 5.41) is 14.9. The van der Waals surface area contributed by atoms with E-state index in [0.29, 0.717) is 17.0 Å². The number of thiophene rings is 2. The Bertz CT molecular complexity index is 888. The van der Waals surface area contributed by atoms with Crippen LogP contribution in [0.1, 0.15) is 33.9 Å². The summed E-state index contributed by atoms with van der Waals surface area (Å²) in [5.41, 5.74) is 3.60. The number of hydrazone groups is 1. The first kappa shape index (κ1) is 15.6. The lowest BCUT2D eigenvalue weighted by molar-refractivity contribution is 0.0711. The Morgan fingerprint density at radius 3 is 2.62 bits per heavy atom. The third kappa shape index (κ3) is 2.79. The van der Waals surface area contributed by atoms with Crippen molar-refractivity contribution < 1.29 is 4.79 Å². The van der Waals surface area contributed by atoms with Gasteiger partial charge >= 0.3 is 0 Å². The van der Waals surface area contributed by atoms with Gasteiger partial charge in [0.1, 0.15) is 0 Å². The Morgan fingerprint density at radius 1 is 1.12 bits per heavy atom. The number of carbonyl (C=O) groups is 1. The van der Waals surface area contributed by atoms with Crippen molar-refractivity contribution in [3.05, 3.63) is 79.6 Å². The molecule has 120 valence electrons. The number of halogens is 1. The van der Waals surface area contributed by atoms with Crippen LogP contribution in [0, 0.1) is 0 Å². The van der Waals surface area contributed by atoms with E-state index in [-0.39, 0.29) is 11.9 Å². The first-order valence-corrected chi connectivity index (χ1v) is 9.70. The number of carbonyl (C=O) groups excluding carboxylic acids is 1. The lowest BCUT2D eigenvalue weighted by Crippen LogP contribution is -2.27. The highest BCUT2D eigenvalue weighted by molar-refractivity contribution is 7.08. The van der Waals surface area contributed by atoms with Gasteiger partial charge in [0.2, 0.25) is 0 Å². The Labute approximate surface area is 152 Å². The van der Waals surface area contributed by atoms with Gasteiger partial charge < -0.3 is 0 Å². The van der Waals surface area contributed by atoms with E-state index in [1.54, 1.807) is 39.8 Å². The SMILES string of the molecule is O=C(c1ccccc1Cl)N1N=C(c2ccsc2)C[C@@H]1c1ccsc1. The summed E-state index contributed by atoms with van der Waals surface area (Å²) < 4.78 is 0. The average molecular weight is 373 g/mol. The van der Waals surface area contributed by atoms with Crippen molar-refractivity contribution >= 4 is 45.9 Å². The smallest absolute Gasteiger partial charge is 0.267 e. The second kappa shape index (κ2) is 6.51. The zero-order valence-corrected chi connectivity index (χ0v) is 14.9. The van der Waals surface area contributed by atoms with E-state index in [9.17, 15) is 4.79 Å². The van der Waals surface area contributed by atoms with Crippen LogP contribution in [0.4, 0.5) is 0 Å². The highest BCUT2D eigenvalue weighted by Crippen LogP contribution is 2.36. The first-order chi connectivity index (χ1) is 11.7. The third-order valence-electron chi connectivity index (χ3n) is 4.01. The molecule has 4 rings (SSSR count). The lowest BCUT2D eigenvalue weighted by Gasteiger charge is -2.21. The maximum Gasteiger partial charge on any atom is 0.276 e. The summed E-state index contributed by atoms with van der Waals surface area (Å²) >= 11 is 9.47. The van der Waals surface area contributed by atoms with Crippen LogP contribution < -0.4 is 0 Å². The van der Waals surface area contributed by atoms with Crippen molar-refractivity contribution in [2.75, 3.05) is 0 Å². The molecule has 0 spiro atoms. The predicted octanol–water partition coefficient (Wildman–Crippen LogP) is 5.45. The van der Waals surface area contributed by atoms with E-state index in [1.807, 2.05) is 35.0 Å². The normalized spacial score (nSPS) is 17.1. The number of hydrogen-bond acceptors (Lipinski definition) is 4. The summed E-state index contributed by atoms with van der Waals surface area (Å²) in [6.45, 7) is 0. The Kier molecular flexibility index (Phi) is 4.22. The van der Waals surface area contributed by atoms with E-state index < -0.39 is 0 Å². The van der Waals surface area contributed by atoms with Gasteiger partial charge in [0, 0.05) is 12.0 Å². The molecule has 0 N–H and O–H groups in total. The fourth-order valence-electron chi connectivity index (χ4n) is 2.78. The average Bonchev–Trinajstić information content (AvgIpc) is 3.33. The minimum absolute atomic E-state index is 0.0880. The first-order valence-electron chi connectivity index (χ1n) is 7.44. The number of nitrogens with zero attached hydrogens (tertiary/aromatic N) is 2. The van der Waals surface area contributed by atoms with Crippen molar-refractivity contribution in [2.45, 2.75) is 12.5 Å². The molecule has 1 amide bonds. The Morgan fingerprint density at radius 2 is 1.92 bits per heavy atom. The summed E-state index contributed by atoms with van der Waals surface area (Å²) in [5.74, 6) is -0.165. The number of rotatable bonds is 3. The quantitative estimate of drug-likeness (QED) is 0.601. The van der Waals surface area contributed by atoms with Crippen molar-refractivity contribution in [2.24, 2.45) is 5.10 Å². The zero-order chi connectivity index (χ0) is 16.5. The largest absolute Gasteiger partial charge is 0.276 e. The molecule has 0 unspecified atom stereocenters. The van der Waals surface area contributed by atoms with Crippen LogP contribution in [0.5, 0.6) is 0 Å². The van der Waals surface area contributed by atoms with Gasteiger partial charge in [-0.1, -0.05) is 23.7 Å². The highest BCUT2D eigenvalue weighted by atomic mass is 35.5. The van der Waals surface area contributed by atoms with Gasteiger partial charge in [-0.25, -0.2) is 5.01 Å². The molecule has 0 fully saturated rings. The van der Waals surface area contributed by atoms with Crippen LogP contribution >= 0.6 is 34.3 Å². The van der Waals surface area contributed by atoms with Gasteiger partial charge in [-0.2, -0.15) is 27.8 Å². The molecule has 2 aromatic heterocycles. The molecule has 24 heavy (non-hydrogen) atoms. The Balaban J connectivity index is 1.74. The molecular weight excluding hydrogens is 360 g/mol. The second-order valence-corrected chi connectivity index (χ2v) is 7.43. The monoisotopic (exact) mass is 372 g/mol. The summed E-state index contributed by atoms with van der Waals surface area (Å²) in [7, 11) is 0. The second-order valence-electron chi connectivity index (χ2n) is 5.46. The molecule has 0 radical (unpaired) electrons. The van der Waals surface area contributed by atoms with E-state index in [4.69, 9.17) is 11.6 Å². The van der Waals surface area contributed by atoms with Crippen LogP contribution in [-0.4, -0.2) is 16.6 Å². The van der Waals surface area contributed by atoms with E-state index >= 15 is 0 Å². The van der Waals surface area contributed by atoms with Crippen molar-refractivity contribution in [3.63, 3.8) is 0 Å². The molecule has 1 aromatic carbocycles. The molecule has 3 heterocycles. The van der Waals surface area contributed by atoms with Crippen LogP contribution in [0.15, 0.2) is 63.0 Å². The van der Waals surface area contributed by atoms with Crippen molar-refractivity contribution in [1.82, 2.24) is 5.01 Å². The van der Waals surface area contributed by atoms with Gasteiger partial charge in [-0.15, -0.1) is 0 Å². The predicted molar refractivity (Wildman–Crippen MR) is 100 cm³/mol. The van der Waals surface area contributed by atoms with Crippen LogP contribution in [-0.2, 0) is 0 Å². The maximum atomic E-state index is 13.0. The zero-order valence-electron chi connectivity index (χ0n) is 12.6. The standard InChI is InChI=1S/C18H13ClN2OS2/c19-15-4-2-1-3-14(15)18(22)21-17(13-6-8-24-11-13)9-16(20-21)12-5-7-23-10-12/h1-8,10-11,17H,9H2/t17-/m1/s1. The molecule has 0 bridgehead atoms. The molecule has 0 saturated heterocycles. The third-order valence-corrected chi connectivity index (χ3v) is 5.72. The van der Waals surface area contributed by atoms with Gasteiger partial charge in [0.25, 0.3) is 5.91 Å². The lowest BCUT2D eigenvalue weighted by atomic mass is 10.0. The summed E-state index contributed by atoms with van der Waals surface area (Å²) in [6.07, 6.45) is 0.712. The van der Waals surface area contributed by atoms with Gasteiger partial charge in [-0.3, -0.25) is 4.79 Å². The molecule has 1 atom stereocenters. The fraction of sp³-hybridized carbons (Fsp3) is 0.111. The van der Waals surface area contributed by atoms with Crippen LogP contribution in [0.2, 0.25) is 5.02 Å². The fourth-order valence-corrected chi connectivity index (χ4v) is 4.37. The Hall–Kier alpha value is -1.95. The van der Waals surface area contributed by atoms with E-state index in [2.05, 4.69) is 15.9 Å². The topological polar surface area (TPSA) is 32.7 Å². The number of amides is 1. The van der Waals surface area contributed by atoms with Gasteiger partial charge in [-0.05, 0) is 51.3 Å². The summed E-state index contributed by atoms with van der Waals surface area (Å²) in [6, 6.07) is 11.1. The van der Waals surface area contributed by atoms with Crippen molar-refractivity contribution in [3.8, 4) is 0 Å².